The smallest absolute Gasteiger partial charge is 0.284 e. The molecule has 2 aromatic carbocycles. The van der Waals surface area contributed by atoms with Gasteiger partial charge in [0.1, 0.15) is 11.8 Å². The van der Waals surface area contributed by atoms with E-state index in [1.54, 1.807) is 30.3 Å². The average Bonchev–Trinajstić information content (AvgIpc) is 2.68. The summed E-state index contributed by atoms with van der Waals surface area (Å²) >= 11 is 3.09. The first-order valence-corrected chi connectivity index (χ1v) is 8.83. The number of nitrogens with one attached hydrogen (secondary N) is 2. The molecule has 28 heavy (non-hydrogen) atoms. The minimum atomic E-state index is -0.842. The number of hydrazone groups is 1. The van der Waals surface area contributed by atoms with Crippen LogP contribution in [-0.4, -0.2) is 36.1 Å². The number of amides is 2. The lowest BCUT2D eigenvalue weighted by Gasteiger charge is -2.12. The third kappa shape index (κ3) is 5.61. The number of nitrogens with zero attached hydrogens (tertiary/aromatic N) is 2. The largest absolute Gasteiger partial charge is 0.497 e. The van der Waals surface area contributed by atoms with E-state index in [0.717, 1.165) is 0 Å². The number of halogens is 1. The first-order valence-electron chi connectivity index (χ1n) is 8.03. The molecular weight excluding hydrogens is 432 g/mol. The molecule has 9 nitrogen and oxygen atoms in total. The molecule has 0 spiro atoms. The van der Waals surface area contributed by atoms with Gasteiger partial charge in [0.15, 0.2) is 0 Å². The number of hydrogen-bond acceptors (Lipinski definition) is 6. The maximum absolute atomic E-state index is 12.1. The van der Waals surface area contributed by atoms with Crippen LogP contribution in [0.5, 0.6) is 5.75 Å². The third-order valence-corrected chi connectivity index (χ3v) is 4.32. The van der Waals surface area contributed by atoms with Gasteiger partial charge in [0.2, 0.25) is 0 Å². The standard InChI is InChI=1S/C18H17BrN4O5/c1-11(21-18(25)13-4-6-14(28-2)7-5-13)17(24)22-20-10-12-3-8-15(19)16(9-12)23(26)27/h3-11H,1-2H3,(H,21,25)(H,22,24). The van der Waals surface area contributed by atoms with Gasteiger partial charge in [-0.3, -0.25) is 19.7 Å². The molecule has 0 heterocycles. The van der Waals surface area contributed by atoms with Crippen molar-refractivity contribution >= 4 is 39.6 Å². The highest BCUT2D eigenvalue weighted by molar-refractivity contribution is 9.10. The van der Waals surface area contributed by atoms with Crippen LogP contribution in [0.15, 0.2) is 52.0 Å². The van der Waals surface area contributed by atoms with Crippen LogP contribution in [0.1, 0.15) is 22.8 Å². The van der Waals surface area contributed by atoms with Crippen molar-refractivity contribution in [2.75, 3.05) is 7.11 Å². The summed E-state index contributed by atoms with van der Waals surface area (Å²) in [6, 6.07) is 10.0. The average molecular weight is 449 g/mol. The van der Waals surface area contributed by atoms with Crippen LogP contribution in [-0.2, 0) is 4.79 Å². The van der Waals surface area contributed by atoms with Crippen molar-refractivity contribution in [2.24, 2.45) is 5.10 Å². The van der Waals surface area contributed by atoms with Crippen molar-refractivity contribution < 1.29 is 19.2 Å². The lowest BCUT2D eigenvalue weighted by atomic mass is 10.2. The molecule has 10 heteroatoms. The quantitative estimate of drug-likeness (QED) is 0.382. The molecule has 1 unspecified atom stereocenters. The van der Waals surface area contributed by atoms with Crippen LogP contribution in [0.4, 0.5) is 5.69 Å². The zero-order valence-corrected chi connectivity index (χ0v) is 16.6. The minimum absolute atomic E-state index is 0.115. The summed E-state index contributed by atoms with van der Waals surface area (Å²) in [5.74, 6) is -0.340. The number of carbonyl (C=O) groups is 2. The number of carbonyl (C=O) groups excluding carboxylic acids is 2. The minimum Gasteiger partial charge on any atom is -0.497 e. The SMILES string of the molecule is COc1ccc(C(=O)NC(C)C(=O)NN=Cc2ccc(Br)c([N+](=O)[O-])c2)cc1. The van der Waals surface area contributed by atoms with Crippen LogP contribution in [0.3, 0.4) is 0 Å². The third-order valence-electron chi connectivity index (χ3n) is 3.65. The Hall–Kier alpha value is -3.27. The Morgan fingerprint density at radius 3 is 2.54 bits per heavy atom. The van der Waals surface area contributed by atoms with E-state index in [-0.39, 0.29) is 5.69 Å². The molecule has 0 bridgehead atoms. The van der Waals surface area contributed by atoms with E-state index in [4.69, 9.17) is 4.74 Å². The number of nitro benzene ring substituents is 1. The molecule has 0 fully saturated rings. The molecule has 1 atom stereocenters. The van der Waals surface area contributed by atoms with Gasteiger partial charge in [-0.2, -0.15) is 5.10 Å². The fraction of sp³-hybridized carbons (Fsp3) is 0.167. The van der Waals surface area contributed by atoms with Crippen molar-refractivity contribution in [1.29, 1.82) is 0 Å². The molecule has 0 saturated heterocycles. The monoisotopic (exact) mass is 448 g/mol. The first-order chi connectivity index (χ1) is 13.3. The zero-order valence-electron chi connectivity index (χ0n) is 15.0. The maximum Gasteiger partial charge on any atom is 0.284 e. The molecular formula is C18H17BrN4O5. The highest BCUT2D eigenvalue weighted by atomic mass is 79.9. The summed E-state index contributed by atoms with van der Waals surface area (Å²) in [4.78, 5) is 34.6. The van der Waals surface area contributed by atoms with Crippen LogP contribution in [0.25, 0.3) is 0 Å². The molecule has 146 valence electrons. The number of ether oxygens (including phenoxy) is 1. The molecule has 2 aromatic rings. The predicted molar refractivity (Wildman–Crippen MR) is 106 cm³/mol. The Kier molecular flexibility index (Phi) is 7.21. The van der Waals surface area contributed by atoms with E-state index in [0.29, 0.717) is 21.3 Å². The maximum atomic E-state index is 12.1. The Bertz CT molecular complexity index is 915. The van der Waals surface area contributed by atoms with Crippen molar-refractivity contribution in [2.45, 2.75) is 13.0 Å². The lowest BCUT2D eigenvalue weighted by molar-refractivity contribution is -0.385. The number of methoxy groups -OCH3 is 1. The van der Waals surface area contributed by atoms with Crippen molar-refractivity contribution in [3.8, 4) is 5.75 Å². The summed E-state index contributed by atoms with van der Waals surface area (Å²) in [5, 5.41) is 17.2. The summed E-state index contributed by atoms with van der Waals surface area (Å²) < 4.78 is 5.37. The van der Waals surface area contributed by atoms with Gasteiger partial charge in [-0.05, 0) is 53.2 Å². The fourth-order valence-electron chi connectivity index (χ4n) is 2.11. The van der Waals surface area contributed by atoms with Crippen molar-refractivity contribution in [1.82, 2.24) is 10.7 Å². The van der Waals surface area contributed by atoms with Crippen LogP contribution in [0, 0.1) is 10.1 Å². The molecule has 0 aliphatic carbocycles. The van der Waals surface area contributed by atoms with E-state index in [9.17, 15) is 19.7 Å². The number of hydrogen-bond donors (Lipinski definition) is 2. The second-order valence-electron chi connectivity index (χ2n) is 5.63. The molecule has 0 aliphatic heterocycles. The molecule has 2 amide bonds. The van der Waals surface area contributed by atoms with Gasteiger partial charge in [-0.25, -0.2) is 5.43 Å². The molecule has 2 N–H and O–H groups in total. The topological polar surface area (TPSA) is 123 Å². The zero-order chi connectivity index (χ0) is 20.7. The Balaban J connectivity index is 1.93. The highest BCUT2D eigenvalue weighted by Crippen LogP contribution is 2.24. The van der Waals surface area contributed by atoms with Gasteiger partial charge in [-0.1, -0.05) is 6.07 Å². The second-order valence-corrected chi connectivity index (χ2v) is 6.48. The Morgan fingerprint density at radius 1 is 1.25 bits per heavy atom. The van der Waals surface area contributed by atoms with E-state index in [1.165, 1.54) is 32.4 Å². The van der Waals surface area contributed by atoms with E-state index in [2.05, 4.69) is 31.8 Å². The summed E-state index contributed by atoms with van der Waals surface area (Å²) in [5.41, 5.74) is 2.98. The highest BCUT2D eigenvalue weighted by Gasteiger charge is 2.16. The van der Waals surface area contributed by atoms with E-state index in [1.807, 2.05) is 0 Å². The van der Waals surface area contributed by atoms with Gasteiger partial charge in [0.05, 0.1) is 22.7 Å². The molecule has 0 aromatic heterocycles. The molecule has 0 saturated carbocycles. The molecule has 2 rings (SSSR count). The summed E-state index contributed by atoms with van der Waals surface area (Å²) in [6.07, 6.45) is 1.27. The van der Waals surface area contributed by atoms with Gasteiger partial charge in [0, 0.05) is 17.2 Å². The van der Waals surface area contributed by atoms with Crippen LogP contribution >= 0.6 is 15.9 Å². The van der Waals surface area contributed by atoms with Crippen LogP contribution in [0.2, 0.25) is 0 Å². The Morgan fingerprint density at radius 2 is 1.93 bits per heavy atom. The predicted octanol–water partition coefficient (Wildman–Crippen LogP) is 2.63. The van der Waals surface area contributed by atoms with E-state index >= 15 is 0 Å². The first kappa shape index (κ1) is 21.0. The fourth-order valence-corrected chi connectivity index (χ4v) is 2.50. The molecule has 0 radical (unpaired) electrons. The van der Waals surface area contributed by atoms with Crippen molar-refractivity contribution in [3.05, 3.63) is 68.2 Å². The van der Waals surface area contributed by atoms with E-state index < -0.39 is 22.8 Å². The van der Waals surface area contributed by atoms with Gasteiger partial charge >= 0.3 is 0 Å². The van der Waals surface area contributed by atoms with Gasteiger partial charge in [0.25, 0.3) is 17.5 Å². The summed E-state index contributed by atoms with van der Waals surface area (Å²) in [7, 11) is 1.52. The molecule has 0 aliphatic rings. The lowest BCUT2D eigenvalue weighted by Crippen LogP contribution is -2.43. The number of nitro groups is 1. The van der Waals surface area contributed by atoms with Gasteiger partial charge in [-0.15, -0.1) is 0 Å². The van der Waals surface area contributed by atoms with Crippen LogP contribution < -0.4 is 15.5 Å². The Labute approximate surface area is 169 Å². The second kappa shape index (κ2) is 9.60. The number of benzene rings is 2. The summed E-state index contributed by atoms with van der Waals surface area (Å²) in [6.45, 7) is 1.51. The normalized spacial score (nSPS) is 11.7. The van der Waals surface area contributed by atoms with Crippen molar-refractivity contribution in [3.63, 3.8) is 0 Å². The van der Waals surface area contributed by atoms with Gasteiger partial charge < -0.3 is 10.1 Å². The number of rotatable bonds is 7.